The van der Waals surface area contributed by atoms with E-state index in [1.54, 1.807) is 0 Å². The molecule has 0 aliphatic heterocycles. The van der Waals surface area contributed by atoms with Crippen LogP contribution >= 0.6 is 0 Å². The van der Waals surface area contributed by atoms with Crippen LogP contribution in [0.2, 0.25) is 0 Å². The van der Waals surface area contributed by atoms with E-state index in [0.717, 1.165) is 17.1 Å². The number of benzene rings is 1. The summed E-state index contributed by atoms with van der Waals surface area (Å²) in [5, 5.41) is 16.0. The maximum Gasteiger partial charge on any atom is 0.420 e. The molecule has 140 valence electrons. The molecule has 2 rings (SSSR count). The van der Waals surface area contributed by atoms with Gasteiger partial charge in [-0.2, -0.15) is 0 Å². The first kappa shape index (κ1) is 19.2. The lowest BCUT2D eigenvalue weighted by Crippen LogP contribution is -2.48. The number of non-ortho nitro benzene ring substituents is 1. The van der Waals surface area contributed by atoms with Gasteiger partial charge in [-0.05, 0) is 26.3 Å². The number of hydrogen-bond acceptors (Lipinski definition) is 6. The topological polar surface area (TPSA) is 136 Å². The maximum absolute atomic E-state index is 12.2. The van der Waals surface area contributed by atoms with Crippen molar-refractivity contribution in [2.45, 2.75) is 45.8 Å². The molecule has 0 bridgehead atoms. The number of nitrogens with zero attached hydrogens (tertiary/aromatic N) is 2. The van der Waals surface area contributed by atoms with Crippen molar-refractivity contribution in [3.8, 4) is 0 Å². The first-order valence-corrected chi connectivity index (χ1v) is 8.10. The third-order valence-electron chi connectivity index (χ3n) is 3.94. The van der Waals surface area contributed by atoms with Crippen LogP contribution in [0.3, 0.4) is 0 Å². The van der Waals surface area contributed by atoms with Crippen molar-refractivity contribution >= 4 is 28.6 Å². The highest BCUT2D eigenvalue weighted by Gasteiger charge is 2.20. The number of oxazole rings is 1. The van der Waals surface area contributed by atoms with E-state index in [4.69, 9.17) is 4.42 Å². The predicted molar refractivity (Wildman–Crippen MR) is 92.6 cm³/mol. The third-order valence-corrected chi connectivity index (χ3v) is 3.94. The second-order valence-electron chi connectivity index (χ2n) is 5.97. The van der Waals surface area contributed by atoms with Crippen LogP contribution in [0.25, 0.3) is 11.1 Å². The van der Waals surface area contributed by atoms with Crippen LogP contribution in [0.15, 0.2) is 27.4 Å². The van der Waals surface area contributed by atoms with E-state index < -0.39 is 22.6 Å². The van der Waals surface area contributed by atoms with Crippen molar-refractivity contribution in [2.24, 2.45) is 0 Å². The van der Waals surface area contributed by atoms with E-state index in [2.05, 4.69) is 10.6 Å². The summed E-state index contributed by atoms with van der Waals surface area (Å²) in [7, 11) is 0. The summed E-state index contributed by atoms with van der Waals surface area (Å²) >= 11 is 0. The Morgan fingerprint density at radius 2 is 2.00 bits per heavy atom. The Balaban J connectivity index is 2.11. The molecule has 0 aliphatic rings. The summed E-state index contributed by atoms with van der Waals surface area (Å²) in [6, 6.07) is 2.89. The Bertz CT molecular complexity index is 900. The Morgan fingerprint density at radius 3 is 2.62 bits per heavy atom. The van der Waals surface area contributed by atoms with Crippen LogP contribution in [-0.2, 0) is 16.1 Å². The lowest BCUT2D eigenvalue weighted by Gasteiger charge is -2.17. The summed E-state index contributed by atoms with van der Waals surface area (Å²) < 4.78 is 6.00. The van der Waals surface area contributed by atoms with Gasteiger partial charge in [0.15, 0.2) is 5.58 Å². The van der Waals surface area contributed by atoms with E-state index >= 15 is 0 Å². The maximum atomic E-state index is 12.2. The first-order chi connectivity index (χ1) is 12.2. The van der Waals surface area contributed by atoms with Crippen molar-refractivity contribution < 1.29 is 18.9 Å². The number of nitrogens with one attached hydrogen (secondary N) is 2. The van der Waals surface area contributed by atoms with Gasteiger partial charge >= 0.3 is 5.76 Å². The van der Waals surface area contributed by atoms with Gasteiger partial charge in [-0.25, -0.2) is 4.79 Å². The number of carbonyl (C=O) groups excluding carboxylic acids is 2. The first-order valence-electron chi connectivity index (χ1n) is 8.10. The predicted octanol–water partition coefficient (Wildman–Crippen LogP) is 0.922. The van der Waals surface area contributed by atoms with Crippen molar-refractivity contribution in [1.29, 1.82) is 0 Å². The summed E-state index contributed by atoms with van der Waals surface area (Å²) in [6.07, 6.45) is 0.759. The number of fused-ring (bicyclic) bond motifs is 1. The van der Waals surface area contributed by atoms with E-state index in [9.17, 15) is 24.5 Å². The van der Waals surface area contributed by atoms with Crippen molar-refractivity contribution in [3.63, 3.8) is 0 Å². The number of nitro benzene ring substituents is 1. The fourth-order valence-electron chi connectivity index (χ4n) is 2.28. The number of rotatable bonds is 7. The number of nitro groups is 1. The molecule has 2 amide bonds. The second kappa shape index (κ2) is 7.81. The molecule has 0 spiro atoms. The molecule has 2 unspecified atom stereocenters. The number of amides is 2. The van der Waals surface area contributed by atoms with Gasteiger partial charge in [0, 0.05) is 12.1 Å². The Morgan fingerprint density at radius 1 is 1.31 bits per heavy atom. The number of carbonyl (C=O) groups is 2. The normalized spacial score (nSPS) is 13.2. The van der Waals surface area contributed by atoms with Crippen molar-refractivity contribution in [1.82, 2.24) is 15.2 Å². The minimum absolute atomic E-state index is 0.0135. The standard InChI is InChI=1S/C16H20N4O6/c1-4-9(2)17-15(22)10(3)18-14(21)8-19-12-6-5-11(20(24)25)7-13(12)26-16(19)23/h5-7,9-10H,4,8H2,1-3H3,(H,17,22)(H,18,21). The van der Waals surface area contributed by atoms with E-state index in [1.165, 1.54) is 19.1 Å². The SMILES string of the molecule is CCC(C)NC(=O)C(C)NC(=O)Cn1c(=O)oc2cc([N+](=O)[O-])ccc21. The Hall–Kier alpha value is -3.17. The molecule has 2 aromatic rings. The van der Waals surface area contributed by atoms with Crippen molar-refractivity contribution in [2.75, 3.05) is 0 Å². The smallest absolute Gasteiger partial charge is 0.407 e. The lowest BCUT2D eigenvalue weighted by molar-refractivity contribution is -0.384. The molecule has 1 heterocycles. The average molecular weight is 364 g/mol. The summed E-state index contributed by atoms with van der Waals surface area (Å²) in [6.45, 7) is 4.94. The van der Waals surface area contributed by atoms with Gasteiger partial charge in [0.2, 0.25) is 11.8 Å². The highest BCUT2D eigenvalue weighted by molar-refractivity contribution is 5.88. The highest BCUT2D eigenvalue weighted by Crippen LogP contribution is 2.19. The van der Waals surface area contributed by atoms with Crippen LogP contribution in [-0.4, -0.2) is 33.4 Å². The molecule has 0 saturated carbocycles. The molecule has 0 saturated heterocycles. The van der Waals surface area contributed by atoms with Gasteiger partial charge in [-0.15, -0.1) is 0 Å². The molecule has 0 fully saturated rings. The minimum atomic E-state index is -0.813. The fourth-order valence-corrected chi connectivity index (χ4v) is 2.28. The highest BCUT2D eigenvalue weighted by atomic mass is 16.6. The van der Waals surface area contributed by atoms with E-state index in [-0.39, 0.29) is 35.3 Å². The van der Waals surface area contributed by atoms with Crippen LogP contribution in [0.4, 0.5) is 5.69 Å². The molecule has 2 atom stereocenters. The zero-order chi connectivity index (χ0) is 19.4. The van der Waals surface area contributed by atoms with Gasteiger partial charge in [0.25, 0.3) is 5.69 Å². The van der Waals surface area contributed by atoms with Crippen LogP contribution in [0.1, 0.15) is 27.2 Å². The second-order valence-corrected chi connectivity index (χ2v) is 5.97. The molecule has 10 heteroatoms. The van der Waals surface area contributed by atoms with Gasteiger partial charge in [0.05, 0.1) is 16.5 Å². The van der Waals surface area contributed by atoms with E-state index in [0.29, 0.717) is 0 Å². The van der Waals surface area contributed by atoms with Crippen molar-refractivity contribution in [3.05, 3.63) is 38.9 Å². The fraction of sp³-hybridized carbons (Fsp3) is 0.438. The molecule has 10 nitrogen and oxygen atoms in total. The third kappa shape index (κ3) is 4.26. The van der Waals surface area contributed by atoms with Gasteiger partial charge in [-0.1, -0.05) is 6.92 Å². The van der Waals surface area contributed by atoms with Crippen LogP contribution < -0.4 is 16.4 Å². The molecule has 2 N–H and O–H groups in total. The van der Waals surface area contributed by atoms with Gasteiger partial charge in [-0.3, -0.25) is 24.3 Å². The largest absolute Gasteiger partial charge is 0.420 e. The monoisotopic (exact) mass is 364 g/mol. The molecule has 1 aromatic heterocycles. The summed E-state index contributed by atoms with van der Waals surface area (Å²) in [5.74, 6) is -1.69. The van der Waals surface area contributed by atoms with Gasteiger partial charge < -0.3 is 15.1 Å². The molecular formula is C16H20N4O6. The summed E-state index contributed by atoms with van der Waals surface area (Å²) in [5.41, 5.74) is 0.0465. The zero-order valence-electron chi connectivity index (χ0n) is 14.6. The van der Waals surface area contributed by atoms with Crippen LogP contribution in [0, 0.1) is 10.1 Å². The quantitative estimate of drug-likeness (QED) is 0.554. The Labute approximate surface area is 148 Å². The molecule has 0 radical (unpaired) electrons. The lowest BCUT2D eigenvalue weighted by atomic mass is 10.2. The van der Waals surface area contributed by atoms with Crippen LogP contribution in [0.5, 0.6) is 0 Å². The molecule has 1 aromatic carbocycles. The Kier molecular flexibility index (Phi) is 5.75. The van der Waals surface area contributed by atoms with Gasteiger partial charge in [0.1, 0.15) is 12.6 Å². The summed E-state index contributed by atoms with van der Waals surface area (Å²) in [4.78, 5) is 46.2. The minimum Gasteiger partial charge on any atom is -0.407 e. The average Bonchev–Trinajstić information content (AvgIpc) is 2.89. The number of hydrogen-bond donors (Lipinski definition) is 2. The van der Waals surface area contributed by atoms with E-state index in [1.807, 2.05) is 13.8 Å². The molecule has 0 aliphatic carbocycles. The zero-order valence-corrected chi connectivity index (χ0v) is 14.6. The molecule has 26 heavy (non-hydrogen) atoms. The number of aromatic nitrogens is 1. The molecular weight excluding hydrogens is 344 g/mol.